The minimum absolute atomic E-state index is 0.204. The third-order valence-corrected chi connectivity index (χ3v) is 2.87. The Kier molecular flexibility index (Phi) is 4.27. The summed E-state index contributed by atoms with van der Waals surface area (Å²) in [5.74, 6) is -0.143. The van der Waals surface area contributed by atoms with Crippen LogP contribution in [0.3, 0.4) is 0 Å². The summed E-state index contributed by atoms with van der Waals surface area (Å²) >= 11 is 0. The Labute approximate surface area is 121 Å². The van der Waals surface area contributed by atoms with Gasteiger partial charge >= 0.3 is 11.9 Å². The van der Waals surface area contributed by atoms with Gasteiger partial charge < -0.3 is 18.6 Å². The van der Waals surface area contributed by atoms with Crippen LogP contribution in [-0.4, -0.2) is 26.2 Å². The maximum atomic E-state index is 12.0. The number of hydrogen-bond donors (Lipinski definition) is 0. The van der Waals surface area contributed by atoms with Crippen LogP contribution in [0.4, 0.5) is 0 Å². The molecule has 2 aromatic rings. The molecular weight excluding hydrogens is 276 g/mol. The molecule has 1 aromatic heterocycles. The number of carbonyl (C=O) groups excluding carboxylic acids is 2. The predicted octanol–water partition coefficient (Wildman–Crippen LogP) is 2.60. The largest absolute Gasteiger partial charge is 0.493 e. The van der Waals surface area contributed by atoms with Crippen molar-refractivity contribution in [3.8, 4) is 11.5 Å². The maximum absolute atomic E-state index is 12.0. The van der Waals surface area contributed by atoms with Gasteiger partial charge in [-0.3, -0.25) is 0 Å². The van der Waals surface area contributed by atoms with E-state index >= 15 is 0 Å². The molecule has 6 heteroatoms. The van der Waals surface area contributed by atoms with Crippen molar-refractivity contribution in [1.82, 2.24) is 0 Å². The fourth-order valence-electron chi connectivity index (χ4n) is 1.75. The van der Waals surface area contributed by atoms with Crippen LogP contribution >= 0.6 is 0 Å². The highest BCUT2D eigenvalue weighted by atomic mass is 16.6. The number of benzene rings is 1. The van der Waals surface area contributed by atoms with Gasteiger partial charge in [-0.1, -0.05) is 0 Å². The zero-order valence-electron chi connectivity index (χ0n) is 11.8. The van der Waals surface area contributed by atoms with E-state index in [1.165, 1.54) is 44.7 Å². The van der Waals surface area contributed by atoms with Gasteiger partial charge in [0, 0.05) is 0 Å². The molecule has 6 nitrogen and oxygen atoms in total. The fourth-order valence-corrected chi connectivity index (χ4v) is 1.75. The zero-order valence-corrected chi connectivity index (χ0v) is 11.8. The van der Waals surface area contributed by atoms with Gasteiger partial charge in [0.1, 0.15) is 11.3 Å². The number of ether oxygens (including phenoxy) is 3. The first kappa shape index (κ1) is 14.6. The van der Waals surface area contributed by atoms with Crippen molar-refractivity contribution in [2.24, 2.45) is 0 Å². The standard InChI is InChI=1S/C15H14O6/c1-9-11(6-7-20-9)15(17)21-12-5-4-10(14(16)19-3)8-13(12)18-2/h4-8H,1-3H3. The molecule has 0 saturated carbocycles. The van der Waals surface area contributed by atoms with Crippen LogP contribution in [0.1, 0.15) is 26.5 Å². The van der Waals surface area contributed by atoms with E-state index in [1.807, 2.05) is 0 Å². The average molecular weight is 290 g/mol. The van der Waals surface area contributed by atoms with Crippen LogP contribution in [0.5, 0.6) is 11.5 Å². The van der Waals surface area contributed by atoms with E-state index in [1.54, 1.807) is 6.92 Å². The molecule has 0 aliphatic rings. The van der Waals surface area contributed by atoms with Crippen molar-refractivity contribution in [1.29, 1.82) is 0 Å². The van der Waals surface area contributed by atoms with E-state index in [-0.39, 0.29) is 11.5 Å². The minimum atomic E-state index is -0.564. The van der Waals surface area contributed by atoms with Gasteiger partial charge in [-0.2, -0.15) is 0 Å². The Bertz CT molecular complexity index is 671. The molecule has 110 valence electrons. The normalized spacial score (nSPS) is 10.0. The molecular formula is C15H14O6. The van der Waals surface area contributed by atoms with Crippen LogP contribution in [0, 0.1) is 6.92 Å². The van der Waals surface area contributed by atoms with Crippen LogP contribution in [0.2, 0.25) is 0 Å². The summed E-state index contributed by atoms with van der Waals surface area (Å²) in [4.78, 5) is 23.5. The number of furan rings is 1. The Morgan fingerprint density at radius 2 is 1.81 bits per heavy atom. The van der Waals surface area contributed by atoms with Crippen molar-refractivity contribution in [3.63, 3.8) is 0 Å². The topological polar surface area (TPSA) is 75.0 Å². The number of aryl methyl sites for hydroxylation is 1. The van der Waals surface area contributed by atoms with Crippen LogP contribution < -0.4 is 9.47 Å². The highest BCUT2D eigenvalue weighted by Gasteiger charge is 2.17. The SMILES string of the molecule is COC(=O)c1ccc(OC(=O)c2ccoc2C)c(OC)c1. The smallest absolute Gasteiger partial charge is 0.347 e. The summed E-state index contributed by atoms with van der Waals surface area (Å²) in [5, 5.41) is 0. The summed E-state index contributed by atoms with van der Waals surface area (Å²) in [6.07, 6.45) is 1.41. The summed E-state index contributed by atoms with van der Waals surface area (Å²) in [7, 11) is 2.70. The lowest BCUT2D eigenvalue weighted by molar-refractivity contribution is 0.0600. The quantitative estimate of drug-likeness (QED) is 0.636. The number of methoxy groups -OCH3 is 2. The second-order valence-corrected chi connectivity index (χ2v) is 4.14. The second kappa shape index (κ2) is 6.13. The lowest BCUT2D eigenvalue weighted by atomic mass is 10.2. The molecule has 1 heterocycles. The number of hydrogen-bond acceptors (Lipinski definition) is 6. The Morgan fingerprint density at radius 1 is 1.05 bits per heavy atom. The van der Waals surface area contributed by atoms with E-state index in [4.69, 9.17) is 13.9 Å². The Morgan fingerprint density at radius 3 is 2.38 bits per heavy atom. The first-order chi connectivity index (χ1) is 10.1. The van der Waals surface area contributed by atoms with Crippen molar-refractivity contribution in [3.05, 3.63) is 47.4 Å². The van der Waals surface area contributed by atoms with Crippen molar-refractivity contribution >= 4 is 11.9 Å². The van der Waals surface area contributed by atoms with E-state index in [0.29, 0.717) is 16.9 Å². The van der Waals surface area contributed by atoms with E-state index in [9.17, 15) is 9.59 Å². The number of rotatable bonds is 4. The molecule has 0 aliphatic carbocycles. The van der Waals surface area contributed by atoms with E-state index in [0.717, 1.165) is 0 Å². The molecule has 2 rings (SSSR count). The molecule has 1 aromatic carbocycles. The molecule has 0 amide bonds. The summed E-state index contributed by atoms with van der Waals surface area (Å²) in [5.41, 5.74) is 0.628. The zero-order chi connectivity index (χ0) is 15.4. The average Bonchev–Trinajstić information content (AvgIpc) is 2.93. The lowest BCUT2D eigenvalue weighted by Gasteiger charge is -2.10. The summed E-state index contributed by atoms with van der Waals surface area (Å²) in [6, 6.07) is 5.92. The molecule has 21 heavy (non-hydrogen) atoms. The van der Waals surface area contributed by atoms with Gasteiger partial charge in [0.25, 0.3) is 0 Å². The summed E-state index contributed by atoms with van der Waals surface area (Å²) < 4.78 is 20.0. The molecule has 0 spiro atoms. The number of esters is 2. The highest BCUT2D eigenvalue weighted by molar-refractivity contribution is 5.93. The van der Waals surface area contributed by atoms with E-state index < -0.39 is 11.9 Å². The third kappa shape index (κ3) is 3.05. The Hall–Kier alpha value is -2.76. The highest BCUT2D eigenvalue weighted by Crippen LogP contribution is 2.29. The predicted molar refractivity (Wildman–Crippen MR) is 72.7 cm³/mol. The van der Waals surface area contributed by atoms with Gasteiger partial charge in [-0.05, 0) is 31.2 Å². The van der Waals surface area contributed by atoms with Crippen molar-refractivity contribution < 1.29 is 28.2 Å². The maximum Gasteiger partial charge on any atom is 0.347 e. The van der Waals surface area contributed by atoms with Gasteiger partial charge in [0.2, 0.25) is 0 Å². The fraction of sp³-hybridized carbons (Fsp3) is 0.200. The summed E-state index contributed by atoms with van der Waals surface area (Å²) in [6.45, 7) is 1.66. The first-order valence-corrected chi connectivity index (χ1v) is 6.09. The van der Waals surface area contributed by atoms with Crippen LogP contribution in [0.15, 0.2) is 34.9 Å². The third-order valence-electron chi connectivity index (χ3n) is 2.87. The monoisotopic (exact) mass is 290 g/mol. The first-order valence-electron chi connectivity index (χ1n) is 6.09. The minimum Gasteiger partial charge on any atom is -0.493 e. The van der Waals surface area contributed by atoms with Gasteiger partial charge in [-0.15, -0.1) is 0 Å². The molecule has 0 unspecified atom stereocenters. The molecule has 0 saturated heterocycles. The molecule has 0 aliphatic heterocycles. The number of carbonyl (C=O) groups is 2. The Balaban J connectivity index is 2.26. The van der Waals surface area contributed by atoms with Gasteiger partial charge in [0.15, 0.2) is 11.5 Å². The molecule has 0 atom stereocenters. The van der Waals surface area contributed by atoms with E-state index in [2.05, 4.69) is 4.74 Å². The van der Waals surface area contributed by atoms with Crippen molar-refractivity contribution in [2.45, 2.75) is 6.92 Å². The lowest BCUT2D eigenvalue weighted by Crippen LogP contribution is -2.10. The van der Waals surface area contributed by atoms with Crippen LogP contribution in [0.25, 0.3) is 0 Å². The molecule has 0 radical (unpaired) electrons. The van der Waals surface area contributed by atoms with Crippen LogP contribution in [-0.2, 0) is 4.74 Å². The van der Waals surface area contributed by atoms with Crippen molar-refractivity contribution in [2.75, 3.05) is 14.2 Å². The molecule has 0 bridgehead atoms. The molecule has 0 N–H and O–H groups in total. The van der Waals surface area contributed by atoms with Gasteiger partial charge in [0.05, 0.1) is 26.0 Å². The molecule has 0 fully saturated rings. The second-order valence-electron chi connectivity index (χ2n) is 4.14. The van der Waals surface area contributed by atoms with Gasteiger partial charge in [-0.25, -0.2) is 9.59 Å².